The van der Waals surface area contributed by atoms with Crippen LogP contribution in [0, 0.1) is 5.41 Å². The van der Waals surface area contributed by atoms with Gasteiger partial charge in [-0.3, -0.25) is 0 Å². The zero-order chi connectivity index (χ0) is 10.5. The highest BCUT2D eigenvalue weighted by atomic mass is 15.1. The molecule has 0 aromatic heterocycles. The van der Waals surface area contributed by atoms with Gasteiger partial charge in [-0.15, -0.1) is 0 Å². The quantitative estimate of drug-likeness (QED) is 0.688. The summed E-state index contributed by atoms with van der Waals surface area (Å²) >= 11 is 0. The summed E-state index contributed by atoms with van der Waals surface area (Å²) in [6, 6.07) is 0.677. The molecule has 0 bridgehead atoms. The Morgan fingerprint density at radius 1 is 1.38 bits per heavy atom. The molecule has 0 aliphatic rings. The minimum atomic E-state index is 0.247. The van der Waals surface area contributed by atoms with Crippen molar-refractivity contribution in [3.63, 3.8) is 0 Å². The van der Waals surface area contributed by atoms with Gasteiger partial charge in [-0.1, -0.05) is 27.2 Å². The molecule has 0 saturated carbocycles. The van der Waals surface area contributed by atoms with E-state index in [0.29, 0.717) is 6.04 Å². The van der Waals surface area contributed by atoms with E-state index in [0.717, 1.165) is 13.1 Å². The zero-order valence-electron chi connectivity index (χ0n) is 9.93. The third kappa shape index (κ3) is 5.27. The van der Waals surface area contributed by atoms with Crippen molar-refractivity contribution in [2.75, 3.05) is 20.1 Å². The molecule has 2 nitrogen and oxygen atoms in total. The average Bonchev–Trinajstić information content (AvgIpc) is 2.04. The monoisotopic (exact) mass is 186 g/mol. The highest BCUT2D eigenvalue weighted by molar-refractivity contribution is 4.75. The van der Waals surface area contributed by atoms with Gasteiger partial charge in [0.25, 0.3) is 0 Å². The molecule has 0 aliphatic carbocycles. The fraction of sp³-hybridized carbons (Fsp3) is 1.00. The van der Waals surface area contributed by atoms with E-state index in [2.05, 4.69) is 39.6 Å². The Morgan fingerprint density at radius 3 is 2.31 bits per heavy atom. The lowest BCUT2D eigenvalue weighted by molar-refractivity contribution is 0.167. The van der Waals surface area contributed by atoms with Gasteiger partial charge in [-0.25, -0.2) is 0 Å². The van der Waals surface area contributed by atoms with Gasteiger partial charge in [0.05, 0.1) is 0 Å². The molecule has 0 aromatic rings. The minimum Gasteiger partial charge on any atom is -0.330 e. The lowest BCUT2D eigenvalue weighted by Crippen LogP contribution is -2.40. The Balaban J connectivity index is 3.91. The van der Waals surface area contributed by atoms with Crippen molar-refractivity contribution in [2.45, 2.75) is 46.6 Å². The molecule has 0 aromatic carbocycles. The summed E-state index contributed by atoms with van der Waals surface area (Å²) < 4.78 is 0. The van der Waals surface area contributed by atoms with Gasteiger partial charge in [-0.2, -0.15) is 0 Å². The van der Waals surface area contributed by atoms with Crippen LogP contribution in [0.2, 0.25) is 0 Å². The van der Waals surface area contributed by atoms with E-state index in [9.17, 15) is 0 Å². The molecule has 0 aliphatic heterocycles. The fourth-order valence-electron chi connectivity index (χ4n) is 1.53. The highest BCUT2D eigenvalue weighted by Gasteiger charge is 2.20. The smallest absolute Gasteiger partial charge is 0.00640 e. The maximum absolute atomic E-state index is 5.70. The molecule has 1 unspecified atom stereocenters. The lowest BCUT2D eigenvalue weighted by Gasteiger charge is -2.32. The largest absolute Gasteiger partial charge is 0.330 e. The van der Waals surface area contributed by atoms with Gasteiger partial charge < -0.3 is 10.6 Å². The number of nitrogens with two attached hydrogens (primary N) is 1. The van der Waals surface area contributed by atoms with Gasteiger partial charge in [0.15, 0.2) is 0 Å². The Kier molecular flexibility index (Phi) is 5.57. The molecule has 0 heterocycles. The summed E-state index contributed by atoms with van der Waals surface area (Å²) in [5.74, 6) is 0. The predicted octanol–water partition coefficient (Wildman–Crippen LogP) is 2.09. The van der Waals surface area contributed by atoms with Crippen LogP contribution in [0.3, 0.4) is 0 Å². The number of hydrogen-bond donors (Lipinski definition) is 1. The second kappa shape index (κ2) is 5.61. The van der Waals surface area contributed by atoms with E-state index in [1.807, 2.05) is 0 Å². The Labute approximate surface area is 83.5 Å². The molecule has 1 atom stereocenters. The van der Waals surface area contributed by atoms with Crippen LogP contribution in [-0.2, 0) is 0 Å². The number of rotatable bonds is 6. The third-order valence-electron chi connectivity index (χ3n) is 2.69. The van der Waals surface area contributed by atoms with E-state index in [1.165, 1.54) is 12.8 Å². The Hall–Kier alpha value is -0.0800. The first-order valence-corrected chi connectivity index (χ1v) is 5.33. The molecule has 0 spiro atoms. The van der Waals surface area contributed by atoms with E-state index >= 15 is 0 Å². The highest BCUT2D eigenvalue weighted by Crippen LogP contribution is 2.16. The van der Waals surface area contributed by atoms with Crippen LogP contribution in [0.1, 0.15) is 40.5 Å². The molecule has 80 valence electrons. The minimum absolute atomic E-state index is 0.247. The molecule has 2 N–H and O–H groups in total. The SMILES string of the molecule is CCCC(C)N(C)CC(C)(C)CN. The maximum Gasteiger partial charge on any atom is 0.00640 e. The van der Waals surface area contributed by atoms with E-state index in [-0.39, 0.29) is 5.41 Å². The molecule has 2 heteroatoms. The van der Waals surface area contributed by atoms with Crippen molar-refractivity contribution in [2.24, 2.45) is 11.1 Å². The summed E-state index contributed by atoms with van der Waals surface area (Å²) in [6.07, 6.45) is 2.53. The van der Waals surface area contributed by atoms with Crippen LogP contribution < -0.4 is 5.73 Å². The van der Waals surface area contributed by atoms with Crippen LogP contribution in [0.15, 0.2) is 0 Å². The van der Waals surface area contributed by atoms with E-state index in [1.54, 1.807) is 0 Å². The standard InChI is InChI=1S/C11H26N2/c1-6-7-10(2)13(5)9-11(3,4)8-12/h10H,6-9,12H2,1-5H3. The van der Waals surface area contributed by atoms with Crippen LogP contribution in [-0.4, -0.2) is 31.1 Å². The summed E-state index contributed by atoms with van der Waals surface area (Å²) in [5.41, 5.74) is 5.95. The number of nitrogens with zero attached hydrogens (tertiary/aromatic N) is 1. The molecule has 0 radical (unpaired) electrons. The van der Waals surface area contributed by atoms with Crippen LogP contribution in [0.25, 0.3) is 0 Å². The summed E-state index contributed by atoms with van der Waals surface area (Å²) in [7, 11) is 2.19. The van der Waals surface area contributed by atoms with Crippen molar-refractivity contribution in [3.05, 3.63) is 0 Å². The van der Waals surface area contributed by atoms with Crippen LogP contribution in [0.4, 0.5) is 0 Å². The first-order chi connectivity index (χ1) is 5.93. The molecular formula is C11H26N2. The normalized spacial score (nSPS) is 15.0. The van der Waals surface area contributed by atoms with Crippen molar-refractivity contribution < 1.29 is 0 Å². The van der Waals surface area contributed by atoms with Gasteiger partial charge in [0.2, 0.25) is 0 Å². The molecular weight excluding hydrogens is 160 g/mol. The maximum atomic E-state index is 5.70. The van der Waals surface area contributed by atoms with E-state index < -0.39 is 0 Å². The molecule has 13 heavy (non-hydrogen) atoms. The van der Waals surface area contributed by atoms with Crippen LogP contribution >= 0.6 is 0 Å². The second-order valence-corrected chi connectivity index (χ2v) is 4.92. The van der Waals surface area contributed by atoms with Crippen LogP contribution in [0.5, 0.6) is 0 Å². The predicted molar refractivity (Wildman–Crippen MR) is 59.8 cm³/mol. The van der Waals surface area contributed by atoms with E-state index in [4.69, 9.17) is 5.73 Å². The summed E-state index contributed by atoms with van der Waals surface area (Å²) in [4.78, 5) is 2.41. The average molecular weight is 186 g/mol. The van der Waals surface area contributed by atoms with Gasteiger partial charge in [0.1, 0.15) is 0 Å². The van der Waals surface area contributed by atoms with Gasteiger partial charge in [0, 0.05) is 12.6 Å². The summed E-state index contributed by atoms with van der Waals surface area (Å²) in [6.45, 7) is 10.8. The topological polar surface area (TPSA) is 29.3 Å². The Bertz CT molecular complexity index is 132. The Morgan fingerprint density at radius 2 is 1.92 bits per heavy atom. The van der Waals surface area contributed by atoms with Crippen molar-refractivity contribution in [1.29, 1.82) is 0 Å². The fourth-order valence-corrected chi connectivity index (χ4v) is 1.53. The van der Waals surface area contributed by atoms with Gasteiger partial charge in [-0.05, 0) is 32.4 Å². The first kappa shape index (κ1) is 12.9. The lowest BCUT2D eigenvalue weighted by atomic mass is 9.92. The molecule has 0 fully saturated rings. The molecule has 0 saturated heterocycles. The zero-order valence-corrected chi connectivity index (χ0v) is 9.93. The van der Waals surface area contributed by atoms with Gasteiger partial charge >= 0.3 is 0 Å². The number of hydrogen-bond acceptors (Lipinski definition) is 2. The van der Waals surface area contributed by atoms with Crippen molar-refractivity contribution >= 4 is 0 Å². The third-order valence-corrected chi connectivity index (χ3v) is 2.69. The first-order valence-electron chi connectivity index (χ1n) is 5.33. The second-order valence-electron chi connectivity index (χ2n) is 4.92. The van der Waals surface area contributed by atoms with Crippen molar-refractivity contribution in [1.82, 2.24) is 4.90 Å². The molecule has 0 rings (SSSR count). The summed E-state index contributed by atoms with van der Waals surface area (Å²) in [5, 5.41) is 0. The van der Waals surface area contributed by atoms with Crippen molar-refractivity contribution in [3.8, 4) is 0 Å². The molecule has 0 amide bonds.